The van der Waals surface area contributed by atoms with Crippen LogP contribution in [0.4, 0.5) is 0 Å². The Morgan fingerprint density at radius 3 is 2.67 bits per heavy atom. The number of nitrogens with zero attached hydrogens (tertiary/aromatic N) is 4. The largest absolute Gasteiger partial charge is 0.345 e. The van der Waals surface area contributed by atoms with E-state index in [1.165, 1.54) is 34.5 Å². The van der Waals surface area contributed by atoms with Gasteiger partial charge in [-0.25, -0.2) is 0 Å². The Morgan fingerprint density at radius 1 is 0.900 bits per heavy atom. The summed E-state index contributed by atoms with van der Waals surface area (Å²) in [6, 6.07) is 20.0. The number of aliphatic imine (C=N–C) groups is 1. The van der Waals surface area contributed by atoms with Crippen LogP contribution < -0.4 is 16.0 Å². The highest BCUT2D eigenvalue weighted by molar-refractivity contribution is 5.88. The number of hydrogen-bond donors (Lipinski definition) is 3. The molecule has 3 aliphatic rings. The SMILES string of the molecule is C1=CCC2N=C(CNCCN(Cc3ccc(CNCc4ccccn4)cc3)C3CCCc4cccnc43)NC2=C1. The number of pyridine rings is 2. The molecule has 206 valence electrons. The molecule has 0 saturated heterocycles. The second-order valence-electron chi connectivity index (χ2n) is 10.8. The Balaban J connectivity index is 1.07. The molecule has 2 aliphatic carbocycles. The number of aryl methyl sites for hydroxylation is 1. The fourth-order valence-corrected chi connectivity index (χ4v) is 5.89. The van der Waals surface area contributed by atoms with Crippen molar-refractivity contribution in [3.05, 3.63) is 119 Å². The summed E-state index contributed by atoms with van der Waals surface area (Å²) in [5.41, 5.74) is 7.57. The predicted octanol–water partition coefficient (Wildman–Crippen LogP) is 4.45. The molecule has 0 spiro atoms. The van der Waals surface area contributed by atoms with E-state index in [2.05, 4.69) is 86.5 Å². The molecule has 0 fully saturated rings. The third-order valence-electron chi connectivity index (χ3n) is 7.97. The van der Waals surface area contributed by atoms with Gasteiger partial charge in [-0.1, -0.05) is 48.6 Å². The van der Waals surface area contributed by atoms with Gasteiger partial charge in [0.25, 0.3) is 0 Å². The summed E-state index contributed by atoms with van der Waals surface area (Å²) in [7, 11) is 0. The summed E-state index contributed by atoms with van der Waals surface area (Å²) in [4.78, 5) is 16.7. The zero-order valence-corrected chi connectivity index (χ0v) is 23.1. The smallest absolute Gasteiger partial charge is 0.115 e. The highest BCUT2D eigenvalue weighted by Gasteiger charge is 2.27. The number of benzene rings is 1. The molecular formula is C33H39N7. The number of allylic oxidation sites excluding steroid dienone is 2. The van der Waals surface area contributed by atoms with E-state index in [9.17, 15) is 0 Å². The van der Waals surface area contributed by atoms with Crippen molar-refractivity contribution < 1.29 is 0 Å². The van der Waals surface area contributed by atoms with E-state index in [0.29, 0.717) is 6.04 Å². The molecule has 2 atom stereocenters. The van der Waals surface area contributed by atoms with Crippen LogP contribution in [0.15, 0.2) is 95.9 Å². The highest BCUT2D eigenvalue weighted by atomic mass is 15.2. The molecule has 0 bridgehead atoms. The Kier molecular flexibility index (Phi) is 8.72. The number of amidine groups is 1. The molecule has 3 heterocycles. The minimum absolute atomic E-state index is 0.274. The molecule has 0 saturated carbocycles. The lowest BCUT2D eigenvalue weighted by atomic mass is 9.90. The minimum Gasteiger partial charge on any atom is -0.345 e. The van der Waals surface area contributed by atoms with E-state index >= 15 is 0 Å². The maximum atomic E-state index is 4.85. The molecule has 2 aromatic heterocycles. The summed E-state index contributed by atoms with van der Waals surface area (Å²) >= 11 is 0. The van der Waals surface area contributed by atoms with Crippen LogP contribution >= 0.6 is 0 Å². The van der Waals surface area contributed by atoms with E-state index in [1.807, 2.05) is 24.5 Å². The molecule has 3 aromatic rings. The minimum atomic E-state index is 0.274. The van der Waals surface area contributed by atoms with Crippen molar-refractivity contribution in [2.24, 2.45) is 4.99 Å². The number of fused-ring (bicyclic) bond motifs is 2. The van der Waals surface area contributed by atoms with Crippen molar-refractivity contribution in [3.8, 4) is 0 Å². The molecule has 7 nitrogen and oxygen atoms in total. The summed E-state index contributed by atoms with van der Waals surface area (Å²) < 4.78 is 0. The van der Waals surface area contributed by atoms with E-state index in [-0.39, 0.29) is 6.04 Å². The van der Waals surface area contributed by atoms with E-state index in [1.54, 1.807) is 0 Å². The number of hydrogen-bond acceptors (Lipinski definition) is 7. The van der Waals surface area contributed by atoms with Crippen LogP contribution in [0.5, 0.6) is 0 Å². The summed E-state index contributed by atoms with van der Waals surface area (Å²) in [5, 5.41) is 10.6. The van der Waals surface area contributed by atoms with Crippen LogP contribution in [-0.2, 0) is 26.1 Å². The summed E-state index contributed by atoms with van der Waals surface area (Å²) in [6.07, 6.45) is 14.7. The van der Waals surface area contributed by atoms with Gasteiger partial charge in [0.15, 0.2) is 0 Å². The molecule has 1 aliphatic heterocycles. The molecule has 6 rings (SSSR count). The Morgan fingerprint density at radius 2 is 1.80 bits per heavy atom. The van der Waals surface area contributed by atoms with Crippen LogP contribution in [0.1, 0.15) is 53.4 Å². The first-order chi connectivity index (χ1) is 19.8. The monoisotopic (exact) mass is 533 g/mol. The van der Waals surface area contributed by atoms with Crippen molar-refractivity contribution in [3.63, 3.8) is 0 Å². The lowest BCUT2D eigenvalue weighted by molar-refractivity contribution is 0.167. The standard InChI is InChI=1S/C33H39N7/c1-2-11-30-29(10-1)38-32(39-30)23-34-19-20-40(31-12-5-7-27-8-6-18-37-33(27)31)24-26-15-13-25(14-16-26)21-35-22-28-9-3-4-17-36-28/h1-4,6,8-10,13-18,30-31,34-35H,5,7,11-12,19-24H2,(H,38,39). The van der Waals surface area contributed by atoms with E-state index in [0.717, 1.165) is 70.1 Å². The number of rotatable bonds is 12. The van der Waals surface area contributed by atoms with Crippen molar-refractivity contribution in [1.29, 1.82) is 0 Å². The predicted molar refractivity (Wildman–Crippen MR) is 161 cm³/mol. The van der Waals surface area contributed by atoms with Crippen LogP contribution in [-0.4, -0.2) is 46.4 Å². The van der Waals surface area contributed by atoms with Gasteiger partial charge in [0.2, 0.25) is 0 Å². The number of nitrogens with one attached hydrogen (secondary N) is 3. The highest BCUT2D eigenvalue weighted by Crippen LogP contribution is 2.33. The Labute approximate surface area is 237 Å². The first-order valence-corrected chi connectivity index (χ1v) is 14.6. The van der Waals surface area contributed by atoms with Gasteiger partial charge in [-0.3, -0.25) is 19.9 Å². The van der Waals surface area contributed by atoms with Crippen molar-refractivity contribution >= 4 is 5.84 Å². The average molecular weight is 534 g/mol. The third kappa shape index (κ3) is 6.73. The maximum Gasteiger partial charge on any atom is 0.115 e. The van der Waals surface area contributed by atoms with Crippen LogP contribution in [0.2, 0.25) is 0 Å². The van der Waals surface area contributed by atoms with Crippen molar-refractivity contribution in [1.82, 2.24) is 30.8 Å². The number of aromatic nitrogens is 2. The van der Waals surface area contributed by atoms with Gasteiger partial charge in [-0.2, -0.15) is 0 Å². The Bertz CT molecular complexity index is 1350. The van der Waals surface area contributed by atoms with E-state index in [4.69, 9.17) is 9.98 Å². The molecule has 40 heavy (non-hydrogen) atoms. The second-order valence-corrected chi connectivity index (χ2v) is 10.8. The van der Waals surface area contributed by atoms with Crippen molar-refractivity contribution in [2.75, 3.05) is 19.6 Å². The molecule has 0 amide bonds. The average Bonchev–Trinajstić information content (AvgIpc) is 3.43. The third-order valence-corrected chi connectivity index (χ3v) is 7.97. The molecule has 7 heteroatoms. The van der Waals surface area contributed by atoms with Crippen molar-refractivity contribution in [2.45, 2.75) is 57.4 Å². The van der Waals surface area contributed by atoms with Crippen LogP contribution in [0, 0.1) is 0 Å². The van der Waals surface area contributed by atoms with E-state index < -0.39 is 0 Å². The topological polar surface area (TPSA) is 77.5 Å². The van der Waals surface area contributed by atoms with Gasteiger partial charge >= 0.3 is 0 Å². The first kappa shape index (κ1) is 26.6. The Hall–Kier alpha value is -3.65. The molecule has 1 aromatic carbocycles. The van der Waals surface area contributed by atoms with Gasteiger partial charge in [-0.15, -0.1) is 0 Å². The molecule has 3 N–H and O–H groups in total. The summed E-state index contributed by atoms with van der Waals surface area (Å²) in [6.45, 7) is 5.13. The zero-order chi connectivity index (χ0) is 27.0. The zero-order valence-electron chi connectivity index (χ0n) is 23.1. The first-order valence-electron chi connectivity index (χ1n) is 14.6. The second kappa shape index (κ2) is 13.1. The lowest BCUT2D eigenvalue weighted by Crippen LogP contribution is -2.39. The fourth-order valence-electron chi connectivity index (χ4n) is 5.89. The van der Waals surface area contributed by atoms with Gasteiger partial charge in [0.05, 0.1) is 30.0 Å². The quantitative estimate of drug-likeness (QED) is 0.299. The maximum absolute atomic E-state index is 4.85. The molecular weight excluding hydrogens is 494 g/mol. The molecule has 2 unspecified atom stereocenters. The lowest BCUT2D eigenvalue weighted by Gasteiger charge is -2.35. The summed E-state index contributed by atoms with van der Waals surface area (Å²) in [5.74, 6) is 1.04. The molecule has 0 radical (unpaired) electrons. The normalized spacial score (nSPS) is 19.5. The fraction of sp³-hybridized carbons (Fsp3) is 0.364. The van der Waals surface area contributed by atoms with Crippen LogP contribution in [0.3, 0.4) is 0 Å². The van der Waals surface area contributed by atoms with Gasteiger partial charge in [0.1, 0.15) is 5.84 Å². The van der Waals surface area contributed by atoms with Gasteiger partial charge in [-0.05, 0) is 66.6 Å². The van der Waals surface area contributed by atoms with Gasteiger partial charge < -0.3 is 16.0 Å². The van der Waals surface area contributed by atoms with Crippen LogP contribution in [0.25, 0.3) is 0 Å². The van der Waals surface area contributed by atoms with Gasteiger partial charge in [0, 0.05) is 50.8 Å².